The van der Waals surface area contributed by atoms with Gasteiger partial charge >= 0.3 is 208 Å². The minimum absolute atomic E-state index is 1.17. The number of hydrogen-bond donors (Lipinski definition) is 0. The number of hydrogen-bond acceptors (Lipinski definition) is 0. The van der Waals surface area contributed by atoms with E-state index in [0.717, 1.165) is 0 Å². The van der Waals surface area contributed by atoms with Crippen molar-refractivity contribution in [2.45, 2.75) is 156 Å². The number of unbranched alkanes of at least 4 members (excludes halogenated alkanes) is 15. The molecule has 30 heavy (non-hydrogen) atoms. The van der Waals surface area contributed by atoms with Crippen LogP contribution in [0.3, 0.4) is 0 Å². The van der Waals surface area contributed by atoms with E-state index in [1.165, 1.54) is 116 Å². The van der Waals surface area contributed by atoms with Crippen molar-refractivity contribution in [2.24, 2.45) is 0 Å². The molecule has 0 spiro atoms. The van der Waals surface area contributed by atoms with Gasteiger partial charge in [-0.1, -0.05) is 0 Å². The van der Waals surface area contributed by atoms with Gasteiger partial charge in [0.05, 0.1) is 0 Å². The van der Waals surface area contributed by atoms with Crippen LogP contribution in [-0.4, -0.2) is 26.2 Å². The SMILES string of the molecule is CCCCCCCCP(I)(CCCCCCCC)(CCCCCCCC)[Si](C)(C)C. The van der Waals surface area contributed by atoms with E-state index in [9.17, 15) is 0 Å². The summed E-state index contributed by atoms with van der Waals surface area (Å²) in [4.78, 5) is 0. The zero-order valence-corrected chi connectivity index (χ0v) is 26.2. The normalized spacial score (nSPS) is 14.0. The molecule has 0 radical (unpaired) electrons. The molecule has 184 valence electrons. The van der Waals surface area contributed by atoms with E-state index in [4.69, 9.17) is 0 Å². The van der Waals surface area contributed by atoms with Crippen molar-refractivity contribution in [3.05, 3.63) is 0 Å². The van der Waals surface area contributed by atoms with Gasteiger partial charge in [-0.25, -0.2) is 0 Å². The van der Waals surface area contributed by atoms with Gasteiger partial charge in [-0.15, -0.1) is 0 Å². The molecule has 0 atom stereocenters. The summed E-state index contributed by atoms with van der Waals surface area (Å²) in [5, 5.41) is 0. The molecule has 0 aliphatic rings. The molecule has 0 bridgehead atoms. The average Bonchev–Trinajstić information content (AvgIpc) is 2.69. The molecular formula is C27H60IPSi. The Morgan fingerprint density at radius 2 is 0.667 bits per heavy atom. The van der Waals surface area contributed by atoms with Crippen LogP contribution in [0.2, 0.25) is 19.6 Å². The maximum atomic E-state index is 3.21. The second-order valence-corrected chi connectivity index (χ2v) is 38.0. The van der Waals surface area contributed by atoms with Gasteiger partial charge < -0.3 is 0 Å². The van der Waals surface area contributed by atoms with Crippen molar-refractivity contribution in [2.75, 3.05) is 18.5 Å². The summed E-state index contributed by atoms with van der Waals surface area (Å²) in [6, 6.07) is 0. The molecular weight excluding hydrogens is 510 g/mol. The third kappa shape index (κ3) is 12.6. The van der Waals surface area contributed by atoms with Crippen molar-refractivity contribution in [3.63, 3.8) is 0 Å². The molecule has 0 amide bonds. The predicted molar refractivity (Wildman–Crippen MR) is 159 cm³/mol. The topological polar surface area (TPSA) is 0 Å². The Balaban J connectivity index is 4.96. The first-order valence-electron chi connectivity index (χ1n) is 14.0. The van der Waals surface area contributed by atoms with Crippen LogP contribution in [-0.2, 0) is 0 Å². The van der Waals surface area contributed by atoms with E-state index >= 15 is 0 Å². The summed E-state index contributed by atoms with van der Waals surface area (Å²) in [6.07, 6.45) is 31.2. The summed E-state index contributed by atoms with van der Waals surface area (Å²) < 4.78 is -1.59. The third-order valence-corrected chi connectivity index (χ3v) is 44.6. The quantitative estimate of drug-likeness (QED) is 0.0526. The van der Waals surface area contributed by atoms with E-state index in [1.807, 2.05) is 0 Å². The average molecular weight is 571 g/mol. The standard InChI is InChI=1S/C27H60IPSi/c1-7-10-13-16-19-22-25-29(28,30(4,5)6,26-23-20-17-14-11-8-2)27-24-21-18-15-12-9-3/h7-27H2,1-6H3. The van der Waals surface area contributed by atoms with Gasteiger partial charge in [0.1, 0.15) is 0 Å². The van der Waals surface area contributed by atoms with Crippen LogP contribution in [0.1, 0.15) is 136 Å². The van der Waals surface area contributed by atoms with E-state index in [0.29, 0.717) is 0 Å². The molecule has 0 unspecified atom stereocenters. The second-order valence-electron chi connectivity index (χ2n) is 11.2. The Bertz CT molecular complexity index is 347. The van der Waals surface area contributed by atoms with Gasteiger partial charge in [0, 0.05) is 0 Å². The van der Waals surface area contributed by atoms with Gasteiger partial charge in [-0.05, 0) is 0 Å². The molecule has 0 heterocycles. The van der Waals surface area contributed by atoms with Crippen molar-refractivity contribution in [1.29, 1.82) is 0 Å². The fourth-order valence-corrected chi connectivity index (χ4v) is 21.2. The summed E-state index contributed by atoms with van der Waals surface area (Å²) in [5.74, 6) is 0. The first-order valence-corrected chi connectivity index (χ1v) is 23.9. The molecule has 0 aliphatic carbocycles. The zero-order chi connectivity index (χ0) is 22.8. The first-order chi connectivity index (χ1) is 14.2. The van der Waals surface area contributed by atoms with Gasteiger partial charge in [0.15, 0.2) is 0 Å². The van der Waals surface area contributed by atoms with Crippen molar-refractivity contribution in [3.8, 4) is 0 Å². The van der Waals surface area contributed by atoms with Crippen LogP contribution >= 0.6 is 25.8 Å². The molecule has 0 aromatic heterocycles. The molecule has 0 aliphatic heterocycles. The van der Waals surface area contributed by atoms with E-state index < -0.39 is 11.5 Å². The molecule has 0 nitrogen and oxygen atoms in total. The molecule has 0 saturated heterocycles. The molecule has 0 aromatic carbocycles. The van der Waals surface area contributed by atoms with Crippen LogP contribution in [0.25, 0.3) is 0 Å². The fourth-order valence-electron chi connectivity index (χ4n) is 5.11. The molecule has 0 aromatic rings. The van der Waals surface area contributed by atoms with Crippen LogP contribution < -0.4 is 0 Å². The zero-order valence-electron chi connectivity index (χ0n) is 22.2. The Labute approximate surface area is 207 Å². The van der Waals surface area contributed by atoms with Gasteiger partial charge in [0.2, 0.25) is 0 Å². The Morgan fingerprint density at radius 3 is 0.900 bits per heavy atom. The monoisotopic (exact) mass is 570 g/mol. The van der Waals surface area contributed by atoms with Gasteiger partial charge in [0.25, 0.3) is 0 Å². The van der Waals surface area contributed by atoms with Crippen LogP contribution in [0, 0.1) is 0 Å². The maximum absolute atomic E-state index is 3.21. The molecule has 0 saturated carbocycles. The van der Waals surface area contributed by atoms with E-state index in [2.05, 4.69) is 62.5 Å². The van der Waals surface area contributed by atoms with E-state index in [-0.39, 0.29) is 0 Å². The van der Waals surface area contributed by atoms with Crippen LogP contribution in [0.5, 0.6) is 0 Å². The van der Waals surface area contributed by atoms with Gasteiger partial charge in [-0.3, -0.25) is 0 Å². The Morgan fingerprint density at radius 1 is 0.433 bits per heavy atom. The molecule has 0 N–H and O–H groups in total. The molecule has 0 rings (SSSR count). The third-order valence-electron chi connectivity index (χ3n) is 7.75. The Hall–Kier alpha value is 1.38. The second kappa shape index (κ2) is 17.8. The van der Waals surface area contributed by atoms with Crippen LogP contribution in [0.15, 0.2) is 0 Å². The van der Waals surface area contributed by atoms with Gasteiger partial charge in [-0.2, -0.15) is 0 Å². The van der Waals surface area contributed by atoms with E-state index in [1.54, 1.807) is 18.5 Å². The number of halogens is 1. The summed E-state index contributed by atoms with van der Waals surface area (Å²) in [7, 11) is -1.17. The van der Waals surface area contributed by atoms with Crippen molar-refractivity contribution < 1.29 is 0 Å². The molecule has 3 heteroatoms. The summed E-state index contributed by atoms with van der Waals surface area (Å²) in [5.41, 5.74) is 0. The predicted octanol–water partition coefficient (Wildman–Crippen LogP) is 11.8. The first kappa shape index (κ1) is 31.4. The Kier molecular flexibility index (Phi) is 18.6. The van der Waals surface area contributed by atoms with Crippen molar-refractivity contribution >= 4 is 33.6 Å². The van der Waals surface area contributed by atoms with Crippen molar-refractivity contribution in [1.82, 2.24) is 0 Å². The molecule has 0 fully saturated rings. The fraction of sp³-hybridized carbons (Fsp3) is 1.00. The number of rotatable bonds is 22. The summed E-state index contributed by atoms with van der Waals surface area (Å²) >= 11 is 3.21. The summed E-state index contributed by atoms with van der Waals surface area (Å²) in [6.45, 7) is 15.3. The minimum atomic E-state index is -1.59. The van der Waals surface area contributed by atoms with Crippen LogP contribution in [0.4, 0.5) is 0 Å².